The Balaban J connectivity index is 2.90. The van der Waals surface area contributed by atoms with Crippen LogP contribution < -0.4 is 5.73 Å². The largest absolute Gasteiger partial charge is 0.416 e. The second-order valence-corrected chi connectivity index (χ2v) is 3.16. The maximum absolute atomic E-state index is 12.3. The van der Waals surface area contributed by atoms with Crippen molar-refractivity contribution in [3.8, 4) is 0 Å². The van der Waals surface area contributed by atoms with Crippen LogP contribution in [-0.4, -0.2) is 6.54 Å². The molecule has 1 aromatic carbocycles. The lowest BCUT2D eigenvalue weighted by Crippen LogP contribution is -2.05. The first-order chi connectivity index (χ1) is 7.95. The molecular formula is C10H9F3N4. The van der Waals surface area contributed by atoms with Gasteiger partial charge in [-0.05, 0) is 23.2 Å². The van der Waals surface area contributed by atoms with Crippen LogP contribution in [0.2, 0.25) is 0 Å². The molecular weight excluding hydrogens is 233 g/mol. The zero-order valence-electron chi connectivity index (χ0n) is 8.65. The summed E-state index contributed by atoms with van der Waals surface area (Å²) >= 11 is 0. The van der Waals surface area contributed by atoms with Crippen molar-refractivity contribution in [2.75, 3.05) is 12.3 Å². The zero-order valence-corrected chi connectivity index (χ0v) is 8.65. The number of azide groups is 1. The Morgan fingerprint density at radius 1 is 1.41 bits per heavy atom. The molecule has 0 aliphatic heterocycles. The molecule has 0 heterocycles. The summed E-state index contributed by atoms with van der Waals surface area (Å²) in [6, 6.07) is 3.08. The summed E-state index contributed by atoms with van der Waals surface area (Å²) in [6.07, 6.45) is -1.38. The third kappa shape index (κ3) is 3.73. The second-order valence-electron chi connectivity index (χ2n) is 3.16. The van der Waals surface area contributed by atoms with Crippen LogP contribution in [0.5, 0.6) is 0 Å². The number of benzene rings is 1. The molecule has 0 atom stereocenters. The van der Waals surface area contributed by atoms with Crippen LogP contribution in [0, 0.1) is 0 Å². The molecule has 0 unspecified atom stereocenters. The minimum Gasteiger partial charge on any atom is -0.398 e. The van der Waals surface area contributed by atoms with E-state index >= 15 is 0 Å². The number of halogens is 3. The molecule has 0 spiro atoms. The minimum atomic E-state index is -4.40. The molecule has 2 N–H and O–H groups in total. The molecule has 0 aromatic heterocycles. The fraction of sp³-hybridized carbons (Fsp3) is 0.200. The van der Waals surface area contributed by atoms with E-state index in [1.165, 1.54) is 18.2 Å². The van der Waals surface area contributed by atoms with E-state index in [1.807, 2.05) is 0 Å². The van der Waals surface area contributed by atoms with Gasteiger partial charge in [0.15, 0.2) is 0 Å². The van der Waals surface area contributed by atoms with Crippen LogP contribution >= 0.6 is 0 Å². The lowest BCUT2D eigenvalue weighted by Gasteiger charge is -2.08. The number of nitrogen functional groups attached to an aromatic ring is 1. The quantitative estimate of drug-likeness (QED) is 0.374. The fourth-order valence-electron chi connectivity index (χ4n) is 1.17. The Hall–Kier alpha value is -2.14. The summed E-state index contributed by atoms with van der Waals surface area (Å²) in [5, 5.41) is 3.25. The predicted molar refractivity (Wildman–Crippen MR) is 58.9 cm³/mol. The molecule has 17 heavy (non-hydrogen) atoms. The molecule has 7 heteroatoms. The van der Waals surface area contributed by atoms with Crippen molar-refractivity contribution in [2.24, 2.45) is 5.11 Å². The lowest BCUT2D eigenvalue weighted by molar-refractivity contribution is -0.137. The molecule has 0 radical (unpaired) electrons. The monoisotopic (exact) mass is 242 g/mol. The highest BCUT2D eigenvalue weighted by Gasteiger charge is 2.30. The molecule has 0 saturated heterocycles. The third-order valence-corrected chi connectivity index (χ3v) is 1.96. The highest BCUT2D eigenvalue weighted by Crippen LogP contribution is 2.31. The number of hydrogen-bond acceptors (Lipinski definition) is 2. The summed E-state index contributed by atoms with van der Waals surface area (Å²) in [5.74, 6) is 0. The van der Waals surface area contributed by atoms with Gasteiger partial charge in [-0.2, -0.15) is 13.2 Å². The van der Waals surface area contributed by atoms with Gasteiger partial charge in [0, 0.05) is 17.1 Å². The van der Waals surface area contributed by atoms with Crippen LogP contribution in [-0.2, 0) is 6.18 Å². The van der Waals surface area contributed by atoms with Crippen LogP contribution in [0.3, 0.4) is 0 Å². The van der Waals surface area contributed by atoms with E-state index in [0.717, 1.165) is 12.1 Å². The van der Waals surface area contributed by atoms with Gasteiger partial charge in [0.25, 0.3) is 0 Å². The van der Waals surface area contributed by atoms with E-state index in [-0.39, 0.29) is 12.2 Å². The van der Waals surface area contributed by atoms with Gasteiger partial charge in [-0.15, -0.1) is 0 Å². The van der Waals surface area contributed by atoms with Crippen LogP contribution in [0.25, 0.3) is 16.5 Å². The van der Waals surface area contributed by atoms with Crippen LogP contribution in [0.15, 0.2) is 29.4 Å². The van der Waals surface area contributed by atoms with E-state index in [2.05, 4.69) is 10.0 Å². The molecule has 4 nitrogen and oxygen atoms in total. The second kappa shape index (κ2) is 5.27. The molecule has 1 aromatic rings. The molecule has 90 valence electrons. The highest BCUT2D eigenvalue weighted by molar-refractivity contribution is 5.65. The number of rotatable bonds is 3. The minimum absolute atomic E-state index is 0.0250. The van der Waals surface area contributed by atoms with Crippen molar-refractivity contribution in [1.29, 1.82) is 0 Å². The Morgan fingerprint density at radius 2 is 2.12 bits per heavy atom. The Bertz CT molecular complexity index is 473. The summed E-state index contributed by atoms with van der Waals surface area (Å²) in [5.41, 5.74) is 13.2. The molecule has 0 aliphatic carbocycles. The Labute approximate surface area is 95.2 Å². The van der Waals surface area contributed by atoms with E-state index in [0.29, 0.717) is 5.56 Å². The maximum atomic E-state index is 12.3. The highest BCUT2D eigenvalue weighted by atomic mass is 19.4. The van der Waals surface area contributed by atoms with Gasteiger partial charge in [0.1, 0.15) is 0 Å². The van der Waals surface area contributed by atoms with Gasteiger partial charge in [-0.1, -0.05) is 23.3 Å². The van der Waals surface area contributed by atoms with Crippen LogP contribution in [0.1, 0.15) is 11.1 Å². The Morgan fingerprint density at radius 3 is 2.65 bits per heavy atom. The molecule has 0 saturated carbocycles. The summed E-state index contributed by atoms with van der Waals surface area (Å²) in [4.78, 5) is 2.53. The third-order valence-electron chi connectivity index (χ3n) is 1.96. The van der Waals surface area contributed by atoms with Crippen molar-refractivity contribution in [3.63, 3.8) is 0 Å². The zero-order chi connectivity index (χ0) is 12.9. The Kier molecular flexibility index (Phi) is 4.01. The fourth-order valence-corrected chi connectivity index (χ4v) is 1.17. The van der Waals surface area contributed by atoms with Gasteiger partial charge in [0.2, 0.25) is 0 Å². The molecule has 1 rings (SSSR count). The first kappa shape index (κ1) is 12.9. The summed E-state index contributed by atoms with van der Waals surface area (Å²) in [7, 11) is 0. The normalized spacial score (nSPS) is 11.5. The smallest absolute Gasteiger partial charge is 0.398 e. The maximum Gasteiger partial charge on any atom is 0.416 e. The van der Waals surface area contributed by atoms with Crippen molar-refractivity contribution >= 4 is 11.8 Å². The van der Waals surface area contributed by atoms with Gasteiger partial charge >= 0.3 is 6.18 Å². The number of hydrogen-bond donors (Lipinski definition) is 1. The van der Waals surface area contributed by atoms with Crippen molar-refractivity contribution < 1.29 is 13.2 Å². The summed E-state index contributed by atoms with van der Waals surface area (Å²) < 4.78 is 37.0. The average molecular weight is 242 g/mol. The molecule has 0 bridgehead atoms. The average Bonchev–Trinajstić information content (AvgIpc) is 2.24. The van der Waals surface area contributed by atoms with Crippen molar-refractivity contribution in [2.45, 2.75) is 6.18 Å². The molecule has 0 fully saturated rings. The van der Waals surface area contributed by atoms with Crippen molar-refractivity contribution in [3.05, 3.63) is 45.8 Å². The number of nitrogens with two attached hydrogens (primary N) is 1. The first-order valence-corrected chi connectivity index (χ1v) is 4.59. The molecule has 0 aliphatic rings. The summed E-state index contributed by atoms with van der Waals surface area (Å²) in [6.45, 7) is 0.122. The topological polar surface area (TPSA) is 74.8 Å². The van der Waals surface area contributed by atoms with Gasteiger partial charge in [-0.25, -0.2) is 0 Å². The number of anilines is 1. The lowest BCUT2D eigenvalue weighted by atomic mass is 10.1. The number of alkyl halides is 3. The predicted octanol–water partition coefficient (Wildman–Crippen LogP) is 3.61. The molecule has 0 amide bonds. The van der Waals surface area contributed by atoms with Gasteiger partial charge in [0.05, 0.1) is 5.56 Å². The standard InChI is InChI=1S/C10H9F3N4/c11-10(12,13)8-4-3-7(9(14)6-8)2-1-5-16-17-15/h1-4,6H,5,14H2. The first-order valence-electron chi connectivity index (χ1n) is 4.59. The van der Waals surface area contributed by atoms with E-state index in [1.54, 1.807) is 0 Å². The SMILES string of the molecule is [N-]=[N+]=NCC=Cc1ccc(C(F)(F)F)cc1N. The van der Waals surface area contributed by atoms with E-state index < -0.39 is 11.7 Å². The number of nitrogens with zero attached hydrogens (tertiary/aromatic N) is 3. The van der Waals surface area contributed by atoms with E-state index in [4.69, 9.17) is 11.3 Å². The van der Waals surface area contributed by atoms with E-state index in [9.17, 15) is 13.2 Å². The van der Waals surface area contributed by atoms with Gasteiger partial charge in [-0.3, -0.25) is 0 Å². The van der Waals surface area contributed by atoms with Crippen LogP contribution in [0.4, 0.5) is 18.9 Å². The van der Waals surface area contributed by atoms with Crippen molar-refractivity contribution in [1.82, 2.24) is 0 Å². The van der Waals surface area contributed by atoms with Gasteiger partial charge < -0.3 is 5.73 Å².